The fourth-order valence-corrected chi connectivity index (χ4v) is 1.36. The lowest BCUT2D eigenvalue weighted by Gasteiger charge is -2.25. The first-order valence-corrected chi connectivity index (χ1v) is 4.91. The first kappa shape index (κ1) is 11.4. The van der Waals surface area contributed by atoms with Crippen molar-refractivity contribution in [3.05, 3.63) is 0 Å². The lowest BCUT2D eigenvalue weighted by Crippen LogP contribution is -2.43. The second-order valence-corrected chi connectivity index (χ2v) is 3.22. The van der Waals surface area contributed by atoms with Gasteiger partial charge in [0.2, 0.25) is 0 Å². The minimum absolute atomic E-state index is 0.259. The Hall–Kier alpha value is -0.550. The second-order valence-electron chi connectivity index (χ2n) is 3.22. The molecular formula is C10H20N2. The highest BCUT2D eigenvalue weighted by atomic mass is 15.0. The molecule has 0 amide bonds. The maximum atomic E-state index is 9.02. The van der Waals surface area contributed by atoms with E-state index in [1.165, 1.54) is 0 Å². The normalized spacial score (nSPS) is 15.2. The van der Waals surface area contributed by atoms with Gasteiger partial charge in [-0.2, -0.15) is 5.26 Å². The van der Waals surface area contributed by atoms with Crippen LogP contribution in [0.4, 0.5) is 0 Å². The maximum Gasteiger partial charge on any atom is 0.106 e. The molecule has 2 nitrogen and oxygen atoms in total. The Morgan fingerprint density at radius 1 is 1.25 bits per heavy atom. The largest absolute Gasteiger partial charge is 0.299 e. The molecule has 1 atom stereocenters. The van der Waals surface area contributed by atoms with Crippen LogP contribution in [-0.2, 0) is 0 Å². The van der Waals surface area contributed by atoms with Crippen molar-refractivity contribution in [2.24, 2.45) is 0 Å². The van der Waals surface area contributed by atoms with E-state index in [4.69, 9.17) is 5.26 Å². The molecule has 0 aliphatic carbocycles. The molecule has 70 valence electrons. The van der Waals surface area contributed by atoms with Crippen LogP contribution < -0.4 is 5.32 Å². The molecule has 0 saturated heterocycles. The number of hydrogen-bond donors (Lipinski definition) is 1. The highest BCUT2D eigenvalue weighted by molar-refractivity contribution is 5.05. The van der Waals surface area contributed by atoms with Crippen LogP contribution in [0.5, 0.6) is 0 Å². The molecule has 1 N–H and O–H groups in total. The second kappa shape index (κ2) is 6.02. The molecule has 0 rings (SSSR count). The summed E-state index contributed by atoms with van der Waals surface area (Å²) < 4.78 is 0. The summed E-state index contributed by atoms with van der Waals surface area (Å²) in [6.07, 6.45) is 4.02. The highest BCUT2D eigenvalue weighted by Gasteiger charge is 2.25. The number of nitrogens with one attached hydrogen (secondary N) is 1. The van der Waals surface area contributed by atoms with Gasteiger partial charge < -0.3 is 0 Å². The van der Waals surface area contributed by atoms with Gasteiger partial charge in [0.15, 0.2) is 0 Å². The average molecular weight is 168 g/mol. The number of nitrogens with zero attached hydrogens (tertiary/aromatic N) is 1. The molecule has 2 heteroatoms. The van der Waals surface area contributed by atoms with Gasteiger partial charge in [-0.1, -0.05) is 27.2 Å². The van der Waals surface area contributed by atoms with E-state index in [1.807, 2.05) is 0 Å². The fourth-order valence-electron chi connectivity index (χ4n) is 1.36. The predicted molar refractivity (Wildman–Crippen MR) is 51.8 cm³/mol. The van der Waals surface area contributed by atoms with Crippen LogP contribution in [0.25, 0.3) is 0 Å². The van der Waals surface area contributed by atoms with Gasteiger partial charge in [0.1, 0.15) is 5.54 Å². The molecule has 0 radical (unpaired) electrons. The van der Waals surface area contributed by atoms with Crippen molar-refractivity contribution < 1.29 is 0 Å². The Morgan fingerprint density at radius 2 is 1.92 bits per heavy atom. The molecule has 0 heterocycles. The topological polar surface area (TPSA) is 35.8 Å². The third-order valence-corrected chi connectivity index (χ3v) is 2.21. The van der Waals surface area contributed by atoms with E-state index < -0.39 is 0 Å². The molecule has 0 spiro atoms. The standard InChI is InChI=1S/C10H20N2/c1-4-7-10(6-3,9-11)12-8-5-2/h12H,4-8H2,1-3H3. The van der Waals surface area contributed by atoms with Gasteiger partial charge in [0.05, 0.1) is 6.07 Å². The van der Waals surface area contributed by atoms with Crippen LogP contribution in [0.2, 0.25) is 0 Å². The van der Waals surface area contributed by atoms with Crippen molar-refractivity contribution in [2.75, 3.05) is 6.54 Å². The molecule has 0 aromatic carbocycles. The van der Waals surface area contributed by atoms with Crippen molar-refractivity contribution in [2.45, 2.75) is 52.0 Å². The average Bonchev–Trinajstić information content (AvgIpc) is 2.13. The van der Waals surface area contributed by atoms with Crippen molar-refractivity contribution in [1.29, 1.82) is 5.26 Å². The van der Waals surface area contributed by atoms with Gasteiger partial charge >= 0.3 is 0 Å². The van der Waals surface area contributed by atoms with Gasteiger partial charge in [-0.15, -0.1) is 0 Å². The van der Waals surface area contributed by atoms with E-state index in [9.17, 15) is 0 Å². The molecule has 0 aliphatic heterocycles. The predicted octanol–water partition coefficient (Wildman–Crippen LogP) is 2.46. The summed E-state index contributed by atoms with van der Waals surface area (Å²) >= 11 is 0. The van der Waals surface area contributed by atoms with Crippen LogP contribution in [0.15, 0.2) is 0 Å². The van der Waals surface area contributed by atoms with Crippen molar-refractivity contribution in [3.63, 3.8) is 0 Å². The summed E-state index contributed by atoms with van der Waals surface area (Å²) in [4.78, 5) is 0. The summed E-state index contributed by atoms with van der Waals surface area (Å²) in [5.74, 6) is 0. The number of rotatable bonds is 6. The Balaban J connectivity index is 4.07. The van der Waals surface area contributed by atoms with E-state index in [-0.39, 0.29) is 5.54 Å². The lowest BCUT2D eigenvalue weighted by atomic mass is 9.92. The smallest absolute Gasteiger partial charge is 0.106 e. The van der Waals surface area contributed by atoms with Crippen molar-refractivity contribution in [3.8, 4) is 6.07 Å². The highest BCUT2D eigenvalue weighted by Crippen LogP contribution is 2.15. The molecular weight excluding hydrogens is 148 g/mol. The first-order chi connectivity index (χ1) is 5.74. The van der Waals surface area contributed by atoms with Gasteiger partial charge in [-0.25, -0.2) is 0 Å². The van der Waals surface area contributed by atoms with E-state index in [1.54, 1.807) is 0 Å². The Kier molecular flexibility index (Phi) is 5.74. The zero-order valence-corrected chi connectivity index (χ0v) is 8.48. The molecule has 0 bridgehead atoms. The van der Waals surface area contributed by atoms with Crippen LogP contribution in [0.1, 0.15) is 46.5 Å². The Labute approximate surface area is 76.0 Å². The minimum atomic E-state index is -0.259. The molecule has 0 aliphatic rings. The molecule has 0 fully saturated rings. The van der Waals surface area contributed by atoms with Gasteiger partial charge in [-0.05, 0) is 25.8 Å². The molecule has 12 heavy (non-hydrogen) atoms. The third kappa shape index (κ3) is 3.23. The van der Waals surface area contributed by atoms with Gasteiger partial charge in [0, 0.05) is 0 Å². The Bertz CT molecular complexity index is 148. The first-order valence-electron chi connectivity index (χ1n) is 4.91. The van der Waals surface area contributed by atoms with Crippen LogP contribution in [0, 0.1) is 11.3 Å². The van der Waals surface area contributed by atoms with Crippen molar-refractivity contribution >= 4 is 0 Å². The molecule has 0 aromatic rings. The third-order valence-electron chi connectivity index (χ3n) is 2.21. The molecule has 1 unspecified atom stereocenters. The van der Waals surface area contributed by atoms with Crippen LogP contribution >= 0.6 is 0 Å². The van der Waals surface area contributed by atoms with Gasteiger partial charge in [0.25, 0.3) is 0 Å². The summed E-state index contributed by atoms with van der Waals surface area (Å²) in [5.41, 5.74) is -0.259. The number of hydrogen-bond acceptors (Lipinski definition) is 2. The van der Waals surface area contributed by atoms with Crippen LogP contribution in [-0.4, -0.2) is 12.1 Å². The summed E-state index contributed by atoms with van der Waals surface area (Å²) in [6, 6.07) is 2.39. The zero-order chi connectivity index (χ0) is 9.45. The maximum absolute atomic E-state index is 9.02. The Morgan fingerprint density at radius 3 is 2.25 bits per heavy atom. The zero-order valence-electron chi connectivity index (χ0n) is 8.48. The quantitative estimate of drug-likeness (QED) is 0.661. The van der Waals surface area contributed by atoms with Crippen LogP contribution in [0.3, 0.4) is 0 Å². The summed E-state index contributed by atoms with van der Waals surface area (Å²) in [5, 5.41) is 12.3. The summed E-state index contributed by atoms with van der Waals surface area (Å²) in [6.45, 7) is 7.26. The molecule has 0 saturated carbocycles. The van der Waals surface area contributed by atoms with Crippen molar-refractivity contribution in [1.82, 2.24) is 5.32 Å². The van der Waals surface area contributed by atoms with Gasteiger partial charge in [-0.3, -0.25) is 5.32 Å². The van der Waals surface area contributed by atoms with E-state index in [0.29, 0.717) is 0 Å². The molecule has 0 aromatic heterocycles. The van der Waals surface area contributed by atoms with E-state index in [0.717, 1.165) is 32.2 Å². The number of nitriles is 1. The summed E-state index contributed by atoms with van der Waals surface area (Å²) in [7, 11) is 0. The fraction of sp³-hybridized carbons (Fsp3) is 0.900. The lowest BCUT2D eigenvalue weighted by molar-refractivity contribution is 0.370. The van der Waals surface area contributed by atoms with E-state index in [2.05, 4.69) is 32.2 Å². The van der Waals surface area contributed by atoms with E-state index >= 15 is 0 Å². The minimum Gasteiger partial charge on any atom is -0.299 e. The SMILES string of the molecule is CCCNC(C#N)(CC)CCC. The monoisotopic (exact) mass is 168 g/mol.